The Morgan fingerprint density at radius 1 is 0.549 bits per heavy atom. The van der Waals surface area contributed by atoms with Gasteiger partial charge in [-0.3, -0.25) is 0 Å². The number of carbonyl (C=O) groups is 2. The molecule has 0 unspecified atom stereocenters. The molecule has 3 aromatic rings. The predicted molar refractivity (Wildman–Crippen MR) is 201 cm³/mol. The second-order valence-corrected chi connectivity index (χ2v) is 12.6. The Kier molecular flexibility index (Phi) is 12.9. The van der Waals surface area contributed by atoms with E-state index < -0.39 is 11.9 Å². The third kappa shape index (κ3) is 7.19. The van der Waals surface area contributed by atoms with Crippen molar-refractivity contribution in [3.8, 4) is 0 Å². The Bertz CT molecular complexity index is 2010. The Balaban J connectivity index is 0.00000583. The number of hydrogen-bond acceptors (Lipinski definition) is 6. The molecule has 8 nitrogen and oxygen atoms in total. The molecule has 0 radical (unpaired) electrons. The first-order valence-electron chi connectivity index (χ1n) is 18.2. The number of fused-ring (bicyclic) bond motifs is 8. The number of allylic oxidation sites excluding steroid dienone is 4. The van der Waals surface area contributed by atoms with E-state index in [0.29, 0.717) is 12.8 Å². The zero-order chi connectivity index (χ0) is 36.3. The van der Waals surface area contributed by atoms with Gasteiger partial charge in [-0.1, -0.05) is 55.4 Å². The van der Waals surface area contributed by atoms with Gasteiger partial charge in [0.15, 0.2) is 0 Å². The monoisotopic (exact) mass is 730 g/mol. The quantitative estimate of drug-likeness (QED) is 0.146. The van der Waals surface area contributed by atoms with Crippen molar-refractivity contribution in [2.24, 2.45) is 0 Å². The van der Waals surface area contributed by atoms with Crippen LogP contribution in [0.25, 0.3) is 56.5 Å². The van der Waals surface area contributed by atoms with Gasteiger partial charge >= 0.3 is 16.5 Å². The van der Waals surface area contributed by atoms with Gasteiger partial charge in [-0.15, -0.1) is 0 Å². The van der Waals surface area contributed by atoms with Crippen LogP contribution in [0, 0.1) is 0 Å². The van der Waals surface area contributed by atoms with E-state index in [2.05, 4.69) is 77.5 Å². The number of nitrogens with one attached hydrogen (secondary N) is 2. The summed E-state index contributed by atoms with van der Waals surface area (Å²) in [6.45, 7) is 16.9. The largest absolute Gasteiger partial charge is 2.00 e. The first kappa shape index (κ1) is 39.3. The number of nitrogens with zero attached hydrogens (tertiary/aromatic N) is 2. The molecule has 0 saturated heterocycles. The molecule has 5 heterocycles. The summed E-state index contributed by atoms with van der Waals surface area (Å²) in [7, 11) is 0. The van der Waals surface area contributed by atoms with E-state index in [1.54, 1.807) is 12.2 Å². The fourth-order valence-corrected chi connectivity index (χ4v) is 7.97. The second kappa shape index (κ2) is 16.7. The number of aryl methyl sites for hydroxylation is 4. The van der Waals surface area contributed by atoms with Crippen molar-refractivity contribution in [2.45, 2.75) is 107 Å². The molecule has 0 amide bonds. The number of rotatable bonds is 12. The van der Waals surface area contributed by atoms with E-state index in [1.807, 2.05) is 0 Å². The van der Waals surface area contributed by atoms with Crippen molar-refractivity contribution in [1.82, 2.24) is 19.9 Å². The van der Waals surface area contributed by atoms with Crippen molar-refractivity contribution >= 4 is 68.4 Å². The number of carbonyl (C=O) groups excluding carboxylic acids is 2. The van der Waals surface area contributed by atoms with E-state index in [1.165, 1.54) is 0 Å². The van der Waals surface area contributed by atoms with E-state index in [9.17, 15) is 19.8 Å². The predicted octanol–water partition coefficient (Wildman–Crippen LogP) is 7.55. The maximum atomic E-state index is 11.9. The second-order valence-electron chi connectivity index (χ2n) is 12.6. The molecular weight excluding hydrogens is 683 g/mol. The summed E-state index contributed by atoms with van der Waals surface area (Å²) in [4.78, 5) is 41.7. The first-order valence-corrected chi connectivity index (χ1v) is 18.2. The molecule has 9 heteroatoms. The number of aromatic nitrogens is 4. The molecule has 3 aromatic heterocycles. The molecule has 0 saturated carbocycles. The van der Waals surface area contributed by atoms with Crippen LogP contribution < -0.4 is 10.2 Å². The Labute approximate surface area is 310 Å². The fourth-order valence-electron chi connectivity index (χ4n) is 7.97. The summed E-state index contributed by atoms with van der Waals surface area (Å²) in [5.41, 5.74) is 17.0. The average Bonchev–Trinajstić information content (AvgIpc) is 3.84. The van der Waals surface area contributed by atoms with Gasteiger partial charge < -0.3 is 29.8 Å². The number of carboxylic acid groups (broad SMARTS) is 2. The van der Waals surface area contributed by atoms with Gasteiger partial charge in [0.2, 0.25) is 0 Å². The van der Waals surface area contributed by atoms with Gasteiger partial charge in [0.05, 0.1) is 45.7 Å². The van der Waals surface area contributed by atoms with Gasteiger partial charge in [-0.25, -0.2) is 9.97 Å². The van der Waals surface area contributed by atoms with Crippen molar-refractivity contribution in [1.29, 1.82) is 0 Å². The molecule has 2 aliphatic rings. The Hall–Kier alpha value is -4.49. The van der Waals surface area contributed by atoms with Gasteiger partial charge in [0, 0.05) is 22.2 Å². The molecule has 5 rings (SSSR count). The molecular formula is C42H48N4NiO4. The third-order valence-corrected chi connectivity index (χ3v) is 10.1. The third-order valence-electron chi connectivity index (χ3n) is 10.1. The summed E-state index contributed by atoms with van der Waals surface area (Å²) in [6, 6.07) is 4.20. The molecule has 2 aliphatic heterocycles. The van der Waals surface area contributed by atoms with E-state index in [4.69, 9.17) is 9.97 Å². The smallest absolute Gasteiger partial charge is 0.545 e. The molecule has 0 aliphatic carbocycles. The van der Waals surface area contributed by atoms with E-state index >= 15 is 0 Å². The van der Waals surface area contributed by atoms with Gasteiger partial charge in [0.1, 0.15) is 0 Å². The maximum Gasteiger partial charge on any atom is 2.00 e. The summed E-state index contributed by atoms with van der Waals surface area (Å²) in [6.07, 6.45) is 11.3. The SMILES string of the molecule is CCC1=C(CC)c2nc1cc1nc(c(/C=C/C(=O)[O-])c3[nH]c(cc4[nH]c(c2/C=C/C(=O)[O-])c(CC)c4CC)c(CC)c3CC)C(CC)=C1CC.[Ni+2]. The minimum absolute atomic E-state index is 0. The molecule has 51 heavy (non-hydrogen) atoms. The van der Waals surface area contributed by atoms with Crippen LogP contribution in [0.3, 0.4) is 0 Å². The van der Waals surface area contributed by atoms with Gasteiger partial charge in [0.25, 0.3) is 0 Å². The van der Waals surface area contributed by atoms with E-state index in [0.717, 1.165) is 151 Å². The van der Waals surface area contributed by atoms with Gasteiger partial charge in [-0.2, -0.15) is 0 Å². The van der Waals surface area contributed by atoms with Crippen LogP contribution in [0.5, 0.6) is 0 Å². The van der Waals surface area contributed by atoms with Crippen molar-refractivity contribution in [2.75, 3.05) is 0 Å². The van der Waals surface area contributed by atoms with Gasteiger partial charge in [-0.05, 0) is 132 Å². The van der Waals surface area contributed by atoms with Crippen LogP contribution in [0.15, 0.2) is 24.3 Å². The Morgan fingerprint density at radius 3 is 1.20 bits per heavy atom. The molecule has 270 valence electrons. The number of aromatic amines is 2. The minimum atomic E-state index is -1.27. The maximum absolute atomic E-state index is 11.9. The van der Waals surface area contributed by atoms with Crippen LogP contribution in [-0.4, -0.2) is 31.9 Å². The normalized spacial score (nSPS) is 13.2. The number of hydrogen-bond donors (Lipinski definition) is 2. The summed E-state index contributed by atoms with van der Waals surface area (Å²) >= 11 is 0. The first-order chi connectivity index (χ1) is 24.1. The molecule has 0 aromatic carbocycles. The van der Waals surface area contributed by atoms with Crippen LogP contribution >= 0.6 is 0 Å². The average molecular weight is 732 g/mol. The van der Waals surface area contributed by atoms with Crippen molar-refractivity contribution in [3.05, 3.63) is 80.4 Å². The molecule has 2 N–H and O–H groups in total. The number of H-pyrrole nitrogens is 2. The van der Waals surface area contributed by atoms with E-state index in [-0.39, 0.29) is 16.5 Å². The molecule has 0 atom stereocenters. The minimum Gasteiger partial charge on any atom is -0.545 e. The van der Waals surface area contributed by atoms with Crippen LogP contribution in [0.2, 0.25) is 0 Å². The topological polar surface area (TPSA) is 138 Å². The Morgan fingerprint density at radius 2 is 0.902 bits per heavy atom. The summed E-state index contributed by atoms with van der Waals surface area (Å²) in [5, 5.41) is 23.7. The number of carboxylic acids is 2. The van der Waals surface area contributed by atoms with Crippen molar-refractivity contribution in [3.63, 3.8) is 0 Å². The standard InChI is InChI=1S/C42H50N4O4.Ni/c1-9-23-27(13-5)39-31(17-19-37(47)48)40-29(15-7)25(11-3)35(45-40)22-36-26(12-4)30(16-8)42(46-36)32(18-20-38(49)50)41-28(14-6)24(10-2)34(44-41)21-33(23)43-39;/h17-22,43-44H,9-16H2,1-8H3,(H,47,48)(H,49,50);/q;+2/p-2/b19-17+,20-18+,33-21?,34-21?,35-22?,36-22?,39-31?,40-31?,41-32?,42-32?;. The zero-order valence-corrected chi connectivity index (χ0v) is 32.0. The summed E-state index contributed by atoms with van der Waals surface area (Å²) in [5.74, 6) is -2.54. The van der Waals surface area contributed by atoms with Crippen LogP contribution in [-0.2, 0) is 51.8 Å². The van der Waals surface area contributed by atoms with Crippen LogP contribution in [0.4, 0.5) is 0 Å². The zero-order valence-electron chi connectivity index (χ0n) is 31.0. The number of aliphatic carboxylic acids is 2. The molecule has 8 bridgehead atoms. The molecule has 0 fully saturated rings. The summed E-state index contributed by atoms with van der Waals surface area (Å²) < 4.78 is 0. The van der Waals surface area contributed by atoms with Crippen molar-refractivity contribution < 1.29 is 36.3 Å². The molecule has 0 spiro atoms. The van der Waals surface area contributed by atoms with Crippen LogP contribution in [0.1, 0.15) is 137 Å². The fraction of sp³-hybridized carbons (Fsp3) is 0.381.